The highest BCUT2D eigenvalue weighted by Gasteiger charge is 2.14. The molecule has 4 nitrogen and oxygen atoms in total. The van der Waals surface area contributed by atoms with Gasteiger partial charge < -0.3 is 11.1 Å². The first-order valence-corrected chi connectivity index (χ1v) is 7.60. The average molecular weight is 284 g/mol. The Bertz CT molecular complexity index is 564. The summed E-state index contributed by atoms with van der Waals surface area (Å²) in [5.74, 6) is 2.57. The van der Waals surface area contributed by atoms with Crippen LogP contribution in [0.4, 0.5) is 11.6 Å². The SMILES string of the molecule is CCC(CC)C(C)Nc1cc(N)nc(-c2ccccc2)n1. The Hall–Kier alpha value is -2.10. The summed E-state index contributed by atoms with van der Waals surface area (Å²) in [5, 5.41) is 3.46. The number of aromatic nitrogens is 2. The van der Waals surface area contributed by atoms with Crippen molar-refractivity contribution >= 4 is 11.6 Å². The molecule has 0 aliphatic carbocycles. The van der Waals surface area contributed by atoms with E-state index in [9.17, 15) is 0 Å². The van der Waals surface area contributed by atoms with E-state index in [0.717, 1.165) is 24.2 Å². The molecule has 4 heteroatoms. The van der Waals surface area contributed by atoms with Gasteiger partial charge in [-0.3, -0.25) is 0 Å². The summed E-state index contributed by atoms with van der Waals surface area (Å²) in [6, 6.07) is 12.1. The van der Waals surface area contributed by atoms with Crippen LogP contribution in [0.2, 0.25) is 0 Å². The molecule has 1 atom stereocenters. The molecule has 1 heterocycles. The molecule has 0 amide bonds. The molecule has 1 unspecified atom stereocenters. The molecule has 1 aromatic carbocycles. The van der Waals surface area contributed by atoms with E-state index < -0.39 is 0 Å². The highest BCUT2D eigenvalue weighted by Crippen LogP contribution is 2.21. The third kappa shape index (κ3) is 3.94. The molecule has 0 fully saturated rings. The largest absolute Gasteiger partial charge is 0.384 e. The number of nitrogen functional groups attached to an aromatic ring is 1. The standard InChI is InChI=1S/C17H24N4/c1-4-13(5-2)12(3)19-16-11-15(18)20-17(21-16)14-9-7-6-8-10-14/h6-13H,4-5H2,1-3H3,(H3,18,19,20,21). The van der Waals surface area contributed by atoms with Gasteiger partial charge in [-0.1, -0.05) is 57.0 Å². The Morgan fingerprint density at radius 3 is 2.38 bits per heavy atom. The van der Waals surface area contributed by atoms with Gasteiger partial charge in [-0.2, -0.15) is 0 Å². The third-order valence-corrected chi connectivity index (χ3v) is 3.91. The van der Waals surface area contributed by atoms with Crippen molar-refractivity contribution in [3.63, 3.8) is 0 Å². The molecule has 0 saturated carbocycles. The van der Waals surface area contributed by atoms with Gasteiger partial charge in [0.2, 0.25) is 0 Å². The Balaban J connectivity index is 2.23. The van der Waals surface area contributed by atoms with E-state index in [4.69, 9.17) is 5.73 Å². The zero-order valence-electron chi connectivity index (χ0n) is 13.0. The maximum absolute atomic E-state index is 5.92. The minimum Gasteiger partial charge on any atom is -0.384 e. The number of rotatable bonds is 6. The van der Waals surface area contributed by atoms with Crippen LogP contribution in [-0.2, 0) is 0 Å². The summed E-state index contributed by atoms with van der Waals surface area (Å²) in [6.45, 7) is 6.63. The van der Waals surface area contributed by atoms with Crippen LogP contribution >= 0.6 is 0 Å². The predicted molar refractivity (Wildman–Crippen MR) is 89.0 cm³/mol. The highest BCUT2D eigenvalue weighted by molar-refractivity contribution is 5.60. The van der Waals surface area contributed by atoms with Gasteiger partial charge in [-0.25, -0.2) is 9.97 Å². The first-order chi connectivity index (χ1) is 10.1. The summed E-state index contributed by atoms with van der Waals surface area (Å²) in [5.41, 5.74) is 6.90. The van der Waals surface area contributed by atoms with Crippen LogP contribution in [0.1, 0.15) is 33.6 Å². The third-order valence-electron chi connectivity index (χ3n) is 3.91. The molecule has 3 N–H and O–H groups in total. The van der Waals surface area contributed by atoms with E-state index in [0.29, 0.717) is 23.6 Å². The van der Waals surface area contributed by atoms with Crippen LogP contribution in [0.5, 0.6) is 0 Å². The lowest BCUT2D eigenvalue weighted by atomic mass is 9.95. The van der Waals surface area contributed by atoms with Gasteiger partial charge in [-0.15, -0.1) is 0 Å². The molecule has 1 aromatic heterocycles. The van der Waals surface area contributed by atoms with Crippen molar-refractivity contribution in [2.24, 2.45) is 5.92 Å². The summed E-state index contributed by atoms with van der Waals surface area (Å²) in [7, 11) is 0. The smallest absolute Gasteiger partial charge is 0.163 e. The molecular formula is C17H24N4. The zero-order chi connectivity index (χ0) is 15.2. The Kier molecular flexibility index (Phi) is 5.14. The fourth-order valence-corrected chi connectivity index (χ4v) is 2.60. The maximum Gasteiger partial charge on any atom is 0.163 e. The molecule has 0 aliphatic heterocycles. The van der Waals surface area contributed by atoms with E-state index >= 15 is 0 Å². The number of hydrogen-bond acceptors (Lipinski definition) is 4. The van der Waals surface area contributed by atoms with Crippen LogP contribution in [0.15, 0.2) is 36.4 Å². The number of nitrogens with two attached hydrogens (primary N) is 1. The number of nitrogens with one attached hydrogen (secondary N) is 1. The number of benzene rings is 1. The van der Waals surface area contributed by atoms with E-state index in [-0.39, 0.29) is 0 Å². The minimum absolute atomic E-state index is 0.359. The van der Waals surface area contributed by atoms with Gasteiger partial charge in [0.05, 0.1) is 0 Å². The van der Waals surface area contributed by atoms with E-state index in [1.165, 1.54) is 0 Å². The fraction of sp³-hybridized carbons (Fsp3) is 0.412. The fourth-order valence-electron chi connectivity index (χ4n) is 2.60. The van der Waals surface area contributed by atoms with Crippen LogP contribution in [0, 0.1) is 5.92 Å². The molecule has 21 heavy (non-hydrogen) atoms. The number of hydrogen-bond donors (Lipinski definition) is 2. The molecule has 0 aliphatic rings. The molecule has 0 spiro atoms. The molecule has 112 valence electrons. The summed E-state index contributed by atoms with van der Waals surface area (Å²) >= 11 is 0. The van der Waals surface area contributed by atoms with Crippen molar-refractivity contribution < 1.29 is 0 Å². The normalized spacial score (nSPS) is 12.4. The van der Waals surface area contributed by atoms with Crippen molar-refractivity contribution in [1.29, 1.82) is 0 Å². The number of anilines is 2. The topological polar surface area (TPSA) is 63.8 Å². The minimum atomic E-state index is 0.359. The van der Waals surface area contributed by atoms with Crippen LogP contribution in [0.25, 0.3) is 11.4 Å². The predicted octanol–water partition coefficient (Wildman–Crippen LogP) is 3.96. The molecule has 0 saturated heterocycles. The van der Waals surface area contributed by atoms with Crippen molar-refractivity contribution in [2.75, 3.05) is 11.1 Å². The zero-order valence-corrected chi connectivity index (χ0v) is 13.0. The molecule has 2 aromatic rings. The molecule has 0 bridgehead atoms. The highest BCUT2D eigenvalue weighted by atomic mass is 15.1. The van der Waals surface area contributed by atoms with Gasteiger partial charge in [0.15, 0.2) is 5.82 Å². The van der Waals surface area contributed by atoms with Crippen molar-refractivity contribution in [1.82, 2.24) is 9.97 Å². The first-order valence-electron chi connectivity index (χ1n) is 7.60. The molecular weight excluding hydrogens is 260 g/mol. The second-order valence-corrected chi connectivity index (χ2v) is 5.38. The molecule has 2 rings (SSSR count). The van der Waals surface area contributed by atoms with Crippen molar-refractivity contribution in [3.8, 4) is 11.4 Å². The van der Waals surface area contributed by atoms with Gasteiger partial charge >= 0.3 is 0 Å². The van der Waals surface area contributed by atoms with Crippen LogP contribution in [-0.4, -0.2) is 16.0 Å². The van der Waals surface area contributed by atoms with E-state index in [2.05, 4.69) is 36.1 Å². The van der Waals surface area contributed by atoms with Crippen LogP contribution in [0.3, 0.4) is 0 Å². The van der Waals surface area contributed by atoms with E-state index in [1.54, 1.807) is 6.07 Å². The quantitative estimate of drug-likeness (QED) is 0.842. The monoisotopic (exact) mass is 284 g/mol. The van der Waals surface area contributed by atoms with Gasteiger partial charge in [0.1, 0.15) is 11.6 Å². The van der Waals surface area contributed by atoms with Gasteiger partial charge in [-0.05, 0) is 12.8 Å². The molecule has 0 radical (unpaired) electrons. The average Bonchev–Trinajstić information content (AvgIpc) is 2.49. The van der Waals surface area contributed by atoms with Gasteiger partial charge in [0.25, 0.3) is 0 Å². The van der Waals surface area contributed by atoms with Crippen molar-refractivity contribution in [2.45, 2.75) is 39.7 Å². The Morgan fingerprint density at radius 2 is 1.76 bits per heavy atom. The summed E-state index contributed by atoms with van der Waals surface area (Å²) in [6.07, 6.45) is 2.30. The first kappa shape index (κ1) is 15.3. The van der Waals surface area contributed by atoms with Crippen LogP contribution < -0.4 is 11.1 Å². The lowest BCUT2D eigenvalue weighted by molar-refractivity contribution is 0.437. The van der Waals surface area contributed by atoms with E-state index in [1.807, 2.05) is 30.3 Å². The summed E-state index contributed by atoms with van der Waals surface area (Å²) < 4.78 is 0. The van der Waals surface area contributed by atoms with Gasteiger partial charge in [0, 0.05) is 17.7 Å². The lowest BCUT2D eigenvalue weighted by Gasteiger charge is -2.23. The second-order valence-electron chi connectivity index (χ2n) is 5.38. The van der Waals surface area contributed by atoms with Crippen molar-refractivity contribution in [3.05, 3.63) is 36.4 Å². The number of nitrogens with zero attached hydrogens (tertiary/aromatic N) is 2. The maximum atomic E-state index is 5.92. The lowest BCUT2D eigenvalue weighted by Crippen LogP contribution is -2.25. The Labute approximate surface area is 126 Å². The second kappa shape index (κ2) is 7.07. The summed E-state index contributed by atoms with van der Waals surface area (Å²) in [4.78, 5) is 8.92. The Morgan fingerprint density at radius 1 is 1.10 bits per heavy atom.